The standard InChI is InChI=1S/C7H13NO3S.K/c1-4-10-6(9)8-7(12)11-5(2)3;/h5H,4H2,1-3H3,(H,8,9,12);/q;+1/p-1. The molecule has 0 rings (SSSR count). The molecule has 0 aliphatic heterocycles. The molecule has 70 valence electrons. The van der Waals surface area contributed by atoms with Crippen LogP contribution in [0, 0.1) is 0 Å². The minimum atomic E-state index is -0.705. The van der Waals surface area contributed by atoms with Gasteiger partial charge in [0.1, 0.15) is 0 Å². The Morgan fingerprint density at radius 2 is 2.08 bits per heavy atom. The molecular weight excluding hydrogens is 217 g/mol. The second-order valence-electron chi connectivity index (χ2n) is 2.24. The summed E-state index contributed by atoms with van der Waals surface area (Å²) in [4.78, 5) is 14.0. The van der Waals surface area contributed by atoms with E-state index in [4.69, 9.17) is 4.74 Å². The minimum Gasteiger partial charge on any atom is -0.722 e. The predicted molar refractivity (Wildman–Crippen MR) is 48.0 cm³/mol. The Morgan fingerprint density at radius 1 is 1.54 bits per heavy atom. The summed E-state index contributed by atoms with van der Waals surface area (Å²) in [6.07, 6.45) is -0.779. The number of carbonyl (C=O) groups is 1. The second-order valence-corrected chi connectivity index (χ2v) is 2.59. The number of nitrogens with zero attached hydrogens (tertiary/aromatic N) is 1. The Bertz CT molecular complexity index is 185. The molecule has 0 heterocycles. The van der Waals surface area contributed by atoms with Crippen molar-refractivity contribution in [2.75, 3.05) is 6.61 Å². The van der Waals surface area contributed by atoms with Crippen molar-refractivity contribution in [3.05, 3.63) is 0 Å². The number of rotatable bonds is 2. The van der Waals surface area contributed by atoms with Gasteiger partial charge in [-0.3, -0.25) is 0 Å². The number of ether oxygens (including phenoxy) is 2. The van der Waals surface area contributed by atoms with Crippen LogP contribution in [0.3, 0.4) is 0 Å². The van der Waals surface area contributed by atoms with E-state index in [0.717, 1.165) is 0 Å². The van der Waals surface area contributed by atoms with Crippen LogP contribution in [0.4, 0.5) is 4.79 Å². The van der Waals surface area contributed by atoms with Gasteiger partial charge >= 0.3 is 57.5 Å². The van der Waals surface area contributed by atoms with E-state index >= 15 is 0 Å². The summed E-state index contributed by atoms with van der Waals surface area (Å²) in [7, 11) is 0. The zero-order valence-corrected chi connectivity index (χ0v) is 12.3. The van der Waals surface area contributed by atoms with E-state index in [-0.39, 0.29) is 69.3 Å². The normalized spacial score (nSPS) is 10.6. The molecule has 0 unspecified atom stereocenters. The number of hydrogen-bond acceptors (Lipinski definition) is 4. The Labute approximate surface area is 126 Å². The zero-order valence-electron chi connectivity index (χ0n) is 8.36. The van der Waals surface area contributed by atoms with Gasteiger partial charge in [-0.1, -0.05) is 0 Å². The SMILES string of the molecule is CCOC(=O)/N=C(/[S-])OC(C)C.[K+]. The zero-order chi connectivity index (χ0) is 9.56. The maximum atomic E-state index is 10.7. The van der Waals surface area contributed by atoms with Crippen molar-refractivity contribution >= 4 is 24.0 Å². The van der Waals surface area contributed by atoms with Crippen molar-refractivity contribution in [2.24, 2.45) is 4.99 Å². The van der Waals surface area contributed by atoms with E-state index in [9.17, 15) is 4.79 Å². The van der Waals surface area contributed by atoms with E-state index in [1.54, 1.807) is 20.8 Å². The van der Waals surface area contributed by atoms with Crippen molar-refractivity contribution in [2.45, 2.75) is 26.9 Å². The molecule has 0 N–H and O–H groups in total. The van der Waals surface area contributed by atoms with Gasteiger partial charge in [0.2, 0.25) is 0 Å². The van der Waals surface area contributed by atoms with Gasteiger partial charge in [-0.05, 0) is 20.8 Å². The average molecular weight is 229 g/mol. The van der Waals surface area contributed by atoms with E-state index in [1.165, 1.54) is 0 Å². The third-order valence-electron chi connectivity index (χ3n) is 0.787. The summed E-state index contributed by atoms with van der Waals surface area (Å²) in [6.45, 7) is 5.58. The fourth-order valence-corrected chi connectivity index (χ4v) is 0.725. The van der Waals surface area contributed by atoms with E-state index in [2.05, 4.69) is 22.4 Å². The first kappa shape index (κ1) is 16.2. The summed E-state index contributed by atoms with van der Waals surface area (Å²) in [5.74, 6) is 0. The summed E-state index contributed by atoms with van der Waals surface area (Å²) in [5.41, 5.74) is 0. The largest absolute Gasteiger partial charge is 1.00 e. The molecule has 0 aromatic rings. The van der Waals surface area contributed by atoms with Crippen molar-refractivity contribution in [3.63, 3.8) is 0 Å². The Morgan fingerprint density at radius 3 is 2.46 bits per heavy atom. The van der Waals surface area contributed by atoms with Gasteiger partial charge in [0.25, 0.3) is 0 Å². The fourth-order valence-electron chi connectivity index (χ4n) is 0.458. The van der Waals surface area contributed by atoms with Crippen LogP contribution in [0.25, 0.3) is 0 Å². The molecule has 4 nitrogen and oxygen atoms in total. The molecule has 0 fully saturated rings. The number of amides is 1. The molecule has 0 aromatic heterocycles. The molecule has 0 spiro atoms. The van der Waals surface area contributed by atoms with E-state index in [0.29, 0.717) is 0 Å². The first-order valence-corrected chi connectivity index (χ1v) is 4.06. The molecule has 0 aliphatic carbocycles. The monoisotopic (exact) mass is 229 g/mol. The van der Waals surface area contributed by atoms with Gasteiger partial charge in [0, 0.05) is 0 Å². The molecule has 0 saturated heterocycles. The van der Waals surface area contributed by atoms with E-state index < -0.39 is 6.09 Å². The number of hydrogen-bond donors (Lipinski definition) is 0. The van der Waals surface area contributed by atoms with Crippen LogP contribution >= 0.6 is 0 Å². The van der Waals surface area contributed by atoms with Crippen LogP contribution < -0.4 is 51.4 Å². The van der Waals surface area contributed by atoms with Gasteiger partial charge < -0.3 is 22.1 Å². The molecule has 0 bridgehead atoms. The molecule has 0 aromatic carbocycles. The van der Waals surface area contributed by atoms with E-state index in [1.807, 2.05) is 0 Å². The Kier molecular flexibility index (Phi) is 11.7. The van der Waals surface area contributed by atoms with Crippen molar-refractivity contribution in [3.8, 4) is 0 Å². The van der Waals surface area contributed by atoms with Crippen LogP contribution in [-0.2, 0) is 22.1 Å². The smallest absolute Gasteiger partial charge is 0.722 e. The molecule has 6 heteroatoms. The molecule has 0 radical (unpaired) electrons. The van der Waals surface area contributed by atoms with Gasteiger partial charge in [0.05, 0.1) is 17.9 Å². The molecule has 1 amide bonds. The van der Waals surface area contributed by atoms with Crippen molar-refractivity contribution in [1.82, 2.24) is 0 Å². The molecule has 0 aliphatic rings. The Hall–Kier alpha value is 0.796. The van der Waals surface area contributed by atoms with Gasteiger partial charge in [-0.15, -0.1) is 0 Å². The van der Waals surface area contributed by atoms with Crippen LogP contribution in [0.2, 0.25) is 0 Å². The van der Waals surface area contributed by atoms with Crippen LogP contribution in [0.1, 0.15) is 20.8 Å². The second kappa shape index (κ2) is 9.36. The summed E-state index contributed by atoms with van der Waals surface area (Å²) >= 11 is 4.63. The summed E-state index contributed by atoms with van der Waals surface area (Å²) in [5, 5.41) is -0.0801. The van der Waals surface area contributed by atoms with Gasteiger partial charge in [0.15, 0.2) is 0 Å². The summed E-state index contributed by atoms with van der Waals surface area (Å²) in [6, 6.07) is 0. The molecular formula is C7H12KNO3S. The van der Waals surface area contributed by atoms with Crippen LogP contribution in [0.5, 0.6) is 0 Å². The third kappa shape index (κ3) is 10.7. The predicted octanol–water partition coefficient (Wildman–Crippen LogP) is -1.53. The van der Waals surface area contributed by atoms with Crippen LogP contribution in [-0.4, -0.2) is 24.0 Å². The van der Waals surface area contributed by atoms with Gasteiger partial charge in [-0.2, -0.15) is 4.99 Å². The van der Waals surface area contributed by atoms with Crippen molar-refractivity contribution in [1.29, 1.82) is 0 Å². The fraction of sp³-hybridized carbons (Fsp3) is 0.714. The first-order valence-electron chi connectivity index (χ1n) is 3.65. The Balaban J connectivity index is 0. The van der Waals surface area contributed by atoms with Crippen LogP contribution in [0.15, 0.2) is 4.99 Å². The molecule has 0 atom stereocenters. The van der Waals surface area contributed by atoms with Crippen molar-refractivity contribution < 1.29 is 65.7 Å². The summed E-state index contributed by atoms with van der Waals surface area (Å²) < 4.78 is 9.45. The number of aliphatic imine (C=N–C) groups is 1. The first-order chi connectivity index (χ1) is 5.56. The topological polar surface area (TPSA) is 47.9 Å². The number of carbonyl (C=O) groups excluding carboxylic acids is 1. The maximum absolute atomic E-state index is 10.7. The molecule has 13 heavy (non-hydrogen) atoms. The maximum Gasteiger partial charge on any atom is 1.00 e. The third-order valence-corrected chi connectivity index (χ3v) is 0.974. The average Bonchev–Trinajstić information content (AvgIpc) is 1.84. The minimum absolute atomic E-state index is 0. The van der Waals surface area contributed by atoms with Gasteiger partial charge in [-0.25, -0.2) is 4.79 Å². The molecule has 0 saturated carbocycles. The quantitative estimate of drug-likeness (QED) is 0.250.